The third kappa shape index (κ3) is 4.50. The molecule has 2 aromatic carbocycles. The highest BCUT2D eigenvalue weighted by Gasteiger charge is 2.24. The van der Waals surface area contributed by atoms with Gasteiger partial charge in [-0.25, -0.2) is 0 Å². The Morgan fingerprint density at radius 1 is 1.19 bits per heavy atom. The molecular formula is C21H27ClN2O2. The molecule has 140 valence electrons. The van der Waals surface area contributed by atoms with Crippen LogP contribution in [0.2, 0.25) is 5.02 Å². The second-order valence-electron chi connectivity index (χ2n) is 6.90. The number of hydrogen-bond acceptors (Lipinski definition) is 4. The molecule has 0 saturated carbocycles. The first-order valence-electron chi connectivity index (χ1n) is 9.05. The predicted octanol–water partition coefficient (Wildman–Crippen LogP) is 3.91. The monoisotopic (exact) mass is 374 g/mol. The van der Waals surface area contributed by atoms with Crippen molar-refractivity contribution in [3.8, 4) is 11.5 Å². The summed E-state index contributed by atoms with van der Waals surface area (Å²) in [6, 6.07) is 12.4. The van der Waals surface area contributed by atoms with Crippen molar-refractivity contribution >= 4 is 11.6 Å². The number of ether oxygens (including phenoxy) is 2. The Labute approximate surface area is 161 Å². The van der Waals surface area contributed by atoms with Gasteiger partial charge >= 0.3 is 0 Å². The summed E-state index contributed by atoms with van der Waals surface area (Å²) < 4.78 is 11.6. The van der Waals surface area contributed by atoms with Gasteiger partial charge in [0.05, 0.1) is 19.8 Å². The maximum atomic E-state index is 6.20. The molecule has 5 heteroatoms. The van der Waals surface area contributed by atoms with E-state index in [9.17, 15) is 0 Å². The number of nitrogens with one attached hydrogen (secondary N) is 1. The second-order valence-corrected chi connectivity index (χ2v) is 7.34. The van der Waals surface area contributed by atoms with E-state index in [2.05, 4.69) is 42.5 Å². The number of nitrogens with zero attached hydrogens (tertiary/aromatic N) is 1. The van der Waals surface area contributed by atoms with E-state index in [4.69, 9.17) is 21.1 Å². The van der Waals surface area contributed by atoms with Crippen LogP contribution in [0.5, 0.6) is 11.5 Å². The molecule has 1 aliphatic rings. The molecule has 1 unspecified atom stereocenters. The summed E-state index contributed by atoms with van der Waals surface area (Å²) >= 11 is 6.20. The van der Waals surface area contributed by atoms with Crippen molar-refractivity contribution in [2.45, 2.75) is 18.9 Å². The Morgan fingerprint density at radius 3 is 2.77 bits per heavy atom. The molecular weight excluding hydrogens is 348 g/mol. The van der Waals surface area contributed by atoms with Gasteiger partial charge in [-0.2, -0.15) is 0 Å². The molecule has 1 aliphatic heterocycles. The molecule has 3 rings (SSSR count). The fraction of sp³-hybridized carbons (Fsp3) is 0.429. The maximum Gasteiger partial charge on any atom is 0.161 e. The Balaban J connectivity index is 1.87. The number of hydrogen-bond donors (Lipinski definition) is 1. The fourth-order valence-electron chi connectivity index (χ4n) is 3.38. The zero-order valence-electron chi connectivity index (χ0n) is 15.7. The number of benzene rings is 2. The number of halogens is 1. The summed E-state index contributed by atoms with van der Waals surface area (Å²) in [7, 11) is 5.84. The van der Waals surface area contributed by atoms with E-state index in [0.29, 0.717) is 6.61 Å². The molecule has 1 atom stereocenters. The van der Waals surface area contributed by atoms with Crippen LogP contribution in [0.1, 0.15) is 29.2 Å². The maximum absolute atomic E-state index is 6.20. The van der Waals surface area contributed by atoms with Gasteiger partial charge in [-0.05, 0) is 67.9 Å². The number of methoxy groups -OCH3 is 1. The molecule has 1 heterocycles. The van der Waals surface area contributed by atoms with Gasteiger partial charge in [0.1, 0.15) is 0 Å². The van der Waals surface area contributed by atoms with E-state index in [1.54, 1.807) is 7.11 Å². The van der Waals surface area contributed by atoms with Crippen LogP contribution >= 0.6 is 11.6 Å². The van der Waals surface area contributed by atoms with Gasteiger partial charge in [-0.3, -0.25) is 0 Å². The van der Waals surface area contributed by atoms with Crippen molar-refractivity contribution < 1.29 is 9.47 Å². The van der Waals surface area contributed by atoms with Crippen LogP contribution in [-0.2, 0) is 6.42 Å². The van der Waals surface area contributed by atoms with Gasteiger partial charge in [-0.1, -0.05) is 23.7 Å². The standard InChI is InChI=1S/C21H27ClN2O2/c1-24(2)10-5-11-26-20-14-18-15(13-19(20)25-3)8-9-23-21(18)16-6-4-7-17(22)12-16/h4,6-7,12-14,21,23H,5,8-11H2,1-3H3. The Bertz CT molecular complexity index is 749. The lowest BCUT2D eigenvalue weighted by atomic mass is 9.89. The topological polar surface area (TPSA) is 33.7 Å². The molecule has 0 saturated heterocycles. The summed E-state index contributed by atoms with van der Waals surface area (Å²) in [5.74, 6) is 1.61. The summed E-state index contributed by atoms with van der Waals surface area (Å²) in [4.78, 5) is 2.16. The largest absolute Gasteiger partial charge is 0.493 e. The van der Waals surface area contributed by atoms with Crippen LogP contribution in [0.4, 0.5) is 0 Å². The minimum absolute atomic E-state index is 0.118. The van der Waals surface area contributed by atoms with E-state index in [1.807, 2.05) is 18.2 Å². The third-order valence-electron chi connectivity index (χ3n) is 4.67. The average Bonchev–Trinajstić information content (AvgIpc) is 2.63. The van der Waals surface area contributed by atoms with Gasteiger partial charge in [0, 0.05) is 18.1 Å². The molecule has 0 aromatic heterocycles. The van der Waals surface area contributed by atoms with Crippen molar-refractivity contribution in [2.24, 2.45) is 0 Å². The van der Waals surface area contributed by atoms with Gasteiger partial charge in [0.15, 0.2) is 11.5 Å². The minimum atomic E-state index is 0.118. The summed E-state index contributed by atoms with van der Waals surface area (Å²) in [6.45, 7) is 2.60. The van der Waals surface area contributed by atoms with E-state index in [1.165, 1.54) is 16.7 Å². The van der Waals surface area contributed by atoms with Crippen molar-refractivity contribution in [3.05, 3.63) is 58.1 Å². The Hall–Kier alpha value is -1.75. The first-order chi connectivity index (χ1) is 12.6. The third-order valence-corrected chi connectivity index (χ3v) is 4.90. The van der Waals surface area contributed by atoms with Crippen LogP contribution in [-0.4, -0.2) is 45.8 Å². The average molecular weight is 375 g/mol. The SMILES string of the molecule is COc1cc2c(cc1OCCCN(C)C)C(c1cccc(Cl)c1)NCC2. The molecule has 1 N–H and O–H groups in total. The Kier molecular flexibility index (Phi) is 6.41. The smallest absolute Gasteiger partial charge is 0.161 e. The van der Waals surface area contributed by atoms with Crippen molar-refractivity contribution in [2.75, 3.05) is 40.9 Å². The zero-order chi connectivity index (χ0) is 18.5. The molecule has 0 radical (unpaired) electrons. The fourth-order valence-corrected chi connectivity index (χ4v) is 3.58. The van der Waals surface area contributed by atoms with E-state index >= 15 is 0 Å². The van der Waals surface area contributed by atoms with E-state index in [0.717, 1.165) is 42.5 Å². The molecule has 0 spiro atoms. The molecule has 0 aliphatic carbocycles. The minimum Gasteiger partial charge on any atom is -0.493 e. The van der Waals surface area contributed by atoms with Crippen molar-refractivity contribution in [1.29, 1.82) is 0 Å². The molecule has 0 fully saturated rings. The van der Waals surface area contributed by atoms with Crippen molar-refractivity contribution in [1.82, 2.24) is 10.2 Å². The first kappa shape index (κ1) is 19.0. The van der Waals surface area contributed by atoms with Gasteiger partial charge in [-0.15, -0.1) is 0 Å². The quantitative estimate of drug-likeness (QED) is 0.745. The van der Waals surface area contributed by atoms with Crippen LogP contribution < -0.4 is 14.8 Å². The highest BCUT2D eigenvalue weighted by molar-refractivity contribution is 6.30. The van der Waals surface area contributed by atoms with Crippen LogP contribution in [0.15, 0.2) is 36.4 Å². The van der Waals surface area contributed by atoms with E-state index < -0.39 is 0 Å². The zero-order valence-corrected chi connectivity index (χ0v) is 16.5. The van der Waals surface area contributed by atoms with Crippen molar-refractivity contribution in [3.63, 3.8) is 0 Å². The van der Waals surface area contributed by atoms with Crippen LogP contribution in [0.25, 0.3) is 0 Å². The van der Waals surface area contributed by atoms with Crippen LogP contribution in [0.3, 0.4) is 0 Å². The predicted molar refractivity (Wildman–Crippen MR) is 107 cm³/mol. The number of rotatable bonds is 7. The molecule has 2 aromatic rings. The van der Waals surface area contributed by atoms with Gasteiger partial charge in [0.2, 0.25) is 0 Å². The lowest BCUT2D eigenvalue weighted by molar-refractivity contribution is 0.267. The normalized spacial score (nSPS) is 16.4. The number of fused-ring (bicyclic) bond motifs is 1. The first-order valence-corrected chi connectivity index (χ1v) is 9.43. The van der Waals surface area contributed by atoms with Gasteiger partial charge < -0.3 is 19.7 Å². The summed E-state index contributed by atoms with van der Waals surface area (Å²) in [5, 5.41) is 4.36. The second kappa shape index (κ2) is 8.76. The highest BCUT2D eigenvalue weighted by atomic mass is 35.5. The molecule has 26 heavy (non-hydrogen) atoms. The molecule has 4 nitrogen and oxygen atoms in total. The summed E-state index contributed by atoms with van der Waals surface area (Å²) in [5.41, 5.74) is 3.70. The molecule has 0 amide bonds. The summed E-state index contributed by atoms with van der Waals surface area (Å²) in [6.07, 6.45) is 1.95. The lowest BCUT2D eigenvalue weighted by Crippen LogP contribution is -2.30. The Morgan fingerprint density at radius 2 is 2.04 bits per heavy atom. The highest BCUT2D eigenvalue weighted by Crippen LogP contribution is 2.38. The lowest BCUT2D eigenvalue weighted by Gasteiger charge is -2.29. The molecule has 0 bridgehead atoms. The van der Waals surface area contributed by atoms with E-state index in [-0.39, 0.29) is 6.04 Å². The van der Waals surface area contributed by atoms with Crippen LogP contribution in [0, 0.1) is 0 Å². The van der Waals surface area contributed by atoms with Gasteiger partial charge in [0.25, 0.3) is 0 Å².